The average Bonchev–Trinajstić information content (AvgIpc) is 3.53. The fourth-order valence-electron chi connectivity index (χ4n) is 3.88. The van der Waals surface area contributed by atoms with E-state index in [2.05, 4.69) is 15.4 Å². The Kier molecular flexibility index (Phi) is 6.70. The summed E-state index contributed by atoms with van der Waals surface area (Å²) >= 11 is 0. The maximum atomic E-state index is 12.7. The molecule has 0 radical (unpaired) electrons. The van der Waals surface area contributed by atoms with Crippen molar-refractivity contribution in [3.05, 3.63) is 67.3 Å². The number of carbonyl (C=O) groups is 1. The van der Waals surface area contributed by atoms with E-state index in [4.69, 9.17) is 19.3 Å². The third kappa shape index (κ3) is 5.29. The molecular formula is C27H29N7O4. The van der Waals surface area contributed by atoms with Crippen LogP contribution in [-0.2, 0) is 14.3 Å². The lowest BCUT2D eigenvalue weighted by molar-refractivity contribution is -0.0372. The molecule has 0 fully saturated rings. The van der Waals surface area contributed by atoms with Gasteiger partial charge in [-0.25, -0.2) is 19.6 Å². The van der Waals surface area contributed by atoms with E-state index >= 15 is 0 Å². The van der Waals surface area contributed by atoms with Crippen LogP contribution >= 0.6 is 0 Å². The number of rotatable bonds is 7. The molecule has 0 atom stereocenters. The van der Waals surface area contributed by atoms with Crippen molar-refractivity contribution < 1.29 is 19.1 Å². The summed E-state index contributed by atoms with van der Waals surface area (Å²) in [6.45, 7) is 5.63. The highest BCUT2D eigenvalue weighted by Crippen LogP contribution is 2.28. The molecule has 0 amide bonds. The molecule has 2 aromatic carbocycles. The first-order chi connectivity index (χ1) is 18.2. The van der Waals surface area contributed by atoms with Crippen LogP contribution in [0.2, 0.25) is 0 Å². The maximum absolute atomic E-state index is 12.7. The number of ether oxygens (including phenoxy) is 2. The van der Waals surface area contributed by atoms with Gasteiger partial charge in [0.25, 0.3) is 0 Å². The second-order valence-corrected chi connectivity index (χ2v) is 9.65. The Balaban J connectivity index is 1.47. The Morgan fingerprint density at radius 1 is 1.13 bits per heavy atom. The molecule has 0 aliphatic heterocycles. The van der Waals surface area contributed by atoms with Crippen LogP contribution in [0.25, 0.3) is 27.8 Å². The molecule has 0 unspecified atom stereocenters. The van der Waals surface area contributed by atoms with Crippen molar-refractivity contribution in [2.45, 2.75) is 26.4 Å². The van der Waals surface area contributed by atoms with Crippen molar-refractivity contribution in [2.75, 3.05) is 31.3 Å². The first-order valence-electron chi connectivity index (χ1n) is 12.0. The number of hydroxylamine groups is 1. The van der Waals surface area contributed by atoms with Gasteiger partial charge in [0.15, 0.2) is 18.3 Å². The van der Waals surface area contributed by atoms with Crippen LogP contribution in [-0.4, -0.2) is 56.8 Å². The largest absolute Gasteiger partial charge is 0.442 e. The van der Waals surface area contributed by atoms with Crippen LogP contribution in [0.3, 0.4) is 0 Å². The summed E-state index contributed by atoms with van der Waals surface area (Å²) in [7, 11) is 3.39. The Labute approximate surface area is 219 Å². The second-order valence-electron chi connectivity index (χ2n) is 9.65. The number of fused-ring (bicyclic) bond motifs is 2. The average molecular weight is 516 g/mol. The number of methoxy groups -OCH3 is 1. The highest BCUT2D eigenvalue weighted by molar-refractivity contribution is 5.90. The van der Waals surface area contributed by atoms with Crippen molar-refractivity contribution in [2.24, 2.45) is 0 Å². The number of nitrogens with zero attached hydrogens (tertiary/aromatic N) is 6. The molecule has 0 aliphatic carbocycles. The van der Waals surface area contributed by atoms with Gasteiger partial charge in [-0.15, -0.1) is 0 Å². The Morgan fingerprint density at radius 3 is 2.66 bits per heavy atom. The number of hydrogen-bond acceptors (Lipinski definition) is 9. The van der Waals surface area contributed by atoms with Crippen LogP contribution in [0, 0.1) is 0 Å². The van der Waals surface area contributed by atoms with Crippen molar-refractivity contribution in [1.82, 2.24) is 24.1 Å². The predicted octanol–water partition coefficient (Wildman–Crippen LogP) is 5.24. The molecule has 1 N–H and O–H groups in total. The number of anilines is 3. The summed E-state index contributed by atoms with van der Waals surface area (Å²) in [6.07, 6.45) is 6.59. The highest BCUT2D eigenvalue weighted by atomic mass is 16.8. The summed E-state index contributed by atoms with van der Waals surface area (Å²) in [5, 5.41) is 10.1. The van der Waals surface area contributed by atoms with Crippen LogP contribution in [0.1, 0.15) is 20.8 Å². The zero-order chi connectivity index (χ0) is 26.9. The van der Waals surface area contributed by atoms with Gasteiger partial charge in [0, 0.05) is 49.4 Å². The summed E-state index contributed by atoms with van der Waals surface area (Å²) < 4.78 is 13.6. The standard InChI is InChI=1S/C27H29N7O4/c1-27(2,3)38-26(35)34-23-14-18(6-7-19(23)15-29-34)22-16-33-13-12-28-25(33)24(31-22)30-20-8-10-21(11-9-20)32(4)37-17-36-5/h6-16H,17H2,1-5H3,(H,30,31). The quantitative estimate of drug-likeness (QED) is 0.230. The van der Waals surface area contributed by atoms with E-state index in [1.54, 1.807) is 24.6 Å². The van der Waals surface area contributed by atoms with E-state index < -0.39 is 11.7 Å². The van der Waals surface area contributed by atoms with Gasteiger partial charge in [-0.1, -0.05) is 12.1 Å². The fourth-order valence-corrected chi connectivity index (χ4v) is 3.88. The Hall–Kier alpha value is -4.48. The minimum atomic E-state index is -0.633. The highest BCUT2D eigenvalue weighted by Gasteiger charge is 2.20. The van der Waals surface area contributed by atoms with Crippen LogP contribution in [0.15, 0.2) is 67.3 Å². The maximum Gasteiger partial charge on any atom is 0.435 e. The van der Waals surface area contributed by atoms with Crippen molar-refractivity contribution >= 4 is 39.8 Å². The van der Waals surface area contributed by atoms with E-state index in [-0.39, 0.29) is 6.79 Å². The fraction of sp³-hybridized carbons (Fsp3) is 0.259. The SMILES string of the molecule is COCON(C)c1ccc(Nc2nc(-c3ccc4cnn(C(=O)OC(C)(C)C)c4c3)cn3ccnc23)cc1. The minimum Gasteiger partial charge on any atom is -0.442 e. The van der Waals surface area contributed by atoms with Crippen LogP contribution in [0.5, 0.6) is 0 Å². The molecule has 0 saturated carbocycles. The smallest absolute Gasteiger partial charge is 0.435 e. The van der Waals surface area contributed by atoms with Crippen LogP contribution in [0.4, 0.5) is 22.0 Å². The molecule has 196 valence electrons. The van der Waals surface area contributed by atoms with Gasteiger partial charge >= 0.3 is 6.09 Å². The van der Waals surface area contributed by atoms with Gasteiger partial charge in [-0.2, -0.15) is 9.78 Å². The molecular weight excluding hydrogens is 486 g/mol. The van der Waals surface area contributed by atoms with Gasteiger partial charge < -0.3 is 19.2 Å². The lowest BCUT2D eigenvalue weighted by atomic mass is 10.1. The molecule has 3 heterocycles. The third-order valence-corrected chi connectivity index (χ3v) is 5.67. The molecule has 0 bridgehead atoms. The predicted molar refractivity (Wildman–Crippen MR) is 144 cm³/mol. The normalized spacial score (nSPS) is 11.7. The van der Waals surface area contributed by atoms with Crippen molar-refractivity contribution in [3.8, 4) is 11.3 Å². The first-order valence-corrected chi connectivity index (χ1v) is 12.0. The van der Waals surface area contributed by atoms with Gasteiger partial charge in [0.2, 0.25) is 0 Å². The number of carbonyl (C=O) groups excluding carboxylic acids is 1. The monoisotopic (exact) mass is 515 g/mol. The van der Waals surface area contributed by atoms with Gasteiger partial charge in [-0.3, -0.25) is 5.06 Å². The summed E-state index contributed by atoms with van der Waals surface area (Å²) in [5.41, 5.74) is 3.89. The third-order valence-electron chi connectivity index (χ3n) is 5.67. The number of nitrogens with one attached hydrogen (secondary N) is 1. The summed E-state index contributed by atoms with van der Waals surface area (Å²) in [5.74, 6) is 0.588. The molecule has 3 aromatic heterocycles. The van der Waals surface area contributed by atoms with E-state index in [1.807, 2.05) is 87.1 Å². The van der Waals surface area contributed by atoms with E-state index in [9.17, 15) is 4.79 Å². The second kappa shape index (κ2) is 10.1. The minimum absolute atomic E-state index is 0.162. The number of imidazole rings is 1. The molecule has 0 saturated heterocycles. The Morgan fingerprint density at radius 2 is 1.92 bits per heavy atom. The van der Waals surface area contributed by atoms with E-state index in [0.717, 1.165) is 22.3 Å². The van der Waals surface area contributed by atoms with Gasteiger partial charge in [-0.05, 0) is 51.1 Å². The van der Waals surface area contributed by atoms with Gasteiger partial charge in [0.1, 0.15) is 5.60 Å². The molecule has 0 spiro atoms. The van der Waals surface area contributed by atoms with Crippen molar-refractivity contribution in [3.63, 3.8) is 0 Å². The number of hydrogen-bond donors (Lipinski definition) is 1. The molecule has 11 heteroatoms. The molecule has 5 rings (SSSR count). The lowest BCUT2D eigenvalue weighted by Gasteiger charge is -2.19. The molecule has 11 nitrogen and oxygen atoms in total. The number of benzene rings is 2. The first kappa shape index (κ1) is 25.2. The zero-order valence-corrected chi connectivity index (χ0v) is 21.9. The lowest BCUT2D eigenvalue weighted by Crippen LogP contribution is -2.27. The van der Waals surface area contributed by atoms with Gasteiger partial charge in [0.05, 0.1) is 23.1 Å². The van der Waals surface area contributed by atoms with E-state index in [1.165, 1.54) is 4.68 Å². The summed E-state index contributed by atoms with van der Waals surface area (Å²) in [4.78, 5) is 27.5. The molecule has 5 aromatic rings. The van der Waals surface area contributed by atoms with Crippen molar-refractivity contribution in [1.29, 1.82) is 0 Å². The summed E-state index contributed by atoms with van der Waals surface area (Å²) in [6, 6.07) is 13.5. The van der Waals surface area contributed by atoms with E-state index in [0.29, 0.717) is 22.7 Å². The number of aromatic nitrogens is 5. The molecule has 38 heavy (non-hydrogen) atoms. The topological polar surface area (TPSA) is 108 Å². The molecule has 0 aliphatic rings. The Bertz CT molecular complexity index is 1590. The van der Waals surface area contributed by atoms with Crippen LogP contribution < -0.4 is 10.4 Å². The zero-order valence-electron chi connectivity index (χ0n) is 21.9.